The Morgan fingerprint density at radius 3 is 2.11 bits per heavy atom. The molecule has 3 aliphatic rings. The van der Waals surface area contributed by atoms with Crippen molar-refractivity contribution in [2.24, 2.45) is 34.3 Å². The number of nitrogens with zero attached hydrogens (tertiary/aromatic N) is 1. The summed E-state index contributed by atoms with van der Waals surface area (Å²) >= 11 is 0. The quantitative estimate of drug-likeness (QED) is 0.716. The molecule has 3 atom stereocenters. The molecule has 104 valence electrons. The van der Waals surface area contributed by atoms with E-state index in [4.69, 9.17) is 5.73 Å². The minimum Gasteiger partial charge on any atom is -0.315 e. The van der Waals surface area contributed by atoms with E-state index in [9.17, 15) is 0 Å². The van der Waals surface area contributed by atoms with E-state index in [1.165, 1.54) is 38.6 Å². The van der Waals surface area contributed by atoms with Gasteiger partial charge < -0.3 is 5.73 Å². The van der Waals surface area contributed by atoms with Crippen LogP contribution in [0.25, 0.3) is 0 Å². The second kappa shape index (κ2) is 3.96. The summed E-state index contributed by atoms with van der Waals surface area (Å²) in [6.07, 6.45) is 7.41. The highest BCUT2D eigenvalue weighted by Crippen LogP contribution is 2.66. The number of hydrogen-bond donors (Lipinski definition) is 1. The number of hydrogen-bond acceptors (Lipinski definition) is 2. The standard InChI is InChI=1S/C16H30N2/c1-11-8-12-6-5-7-13(9-11)16(12)14(17)18(4)10-15(16,2)3/h11-14H,5-10,17H2,1-4H3. The summed E-state index contributed by atoms with van der Waals surface area (Å²) in [5, 5.41) is 0. The van der Waals surface area contributed by atoms with Crippen molar-refractivity contribution in [3.8, 4) is 0 Å². The van der Waals surface area contributed by atoms with E-state index in [1.54, 1.807) is 0 Å². The maximum atomic E-state index is 6.73. The van der Waals surface area contributed by atoms with Gasteiger partial charge in [0.2, 0.25) is 0 Å². The average molecular weight is 250 g/mol. The molecular weight excluding hydrogens is 220 g/mol. The number of rotatable bonds is 0. The summed E-state index contributed by atoms with van der Waals surface area (Å²) in [6, 6.07) is 0. The van der Waals surface area contributed by atoms with E-state index in [1.807, 2.05) is 0 Å². The smallest absolute Gasteiger partial charge is 0.0638 e. The number of likely N-dealkylation sites (tertiary alicyclic amines) is 1. The van der Waals surface area contributed by atoms with Crippen LogP contribution < -0.4 is 5.73 Å². The van der Waals surface area contributed by atoms with E-state index >= 15 is 0 Å². The third-order valence-corrected chi connectivity index (χ3v) is 6.61. The van der Waals surface area contributed by atoms with Gasteiger partial charge in [-0.2, -0.15) is 0 Å². The van der Waals surface area contributed by atoms with Gasteiger partial charge in [0.1, 0.15) is 0 Å². The van der Waals surface area contributed by atoms with Crippen LogP contribution in [0.5, 0.6) is 0 Å². The van der Waals surface area contributed by atoms with E-state index in [0.717, 1.165) is 17.8 Å². The van der Waals surface area contributed by atoms with E-state index in [2.05, 4.69) is 32.7 Å². The summed E-state index contributed by atoms with van der Waals surface area (Å²) in [5.74, 6) is 2.66. The molecular formula is C16H30N2. The lowest BCUT2D eigenvalue weighted by Crippen LogP contribution is -2.61. The summed E-state index contributed by atoms with van der Waals surface area (Å²) in [6.45, 7) is 8.60. The number of nitrogens with two attached hydrogens (primary N) is 1. The molecule has 3 rings (SSSR count). The molecule has 2 nitrogen and oxygen atoms in total. The van der Waals surface area contributed by atoms with Crippen molar-refractivity contribution in [1.29, 1.82) is 0 Å². The van der Waals surface area contributed by atoms with Crippen molar-refractivity contribution < 1.29 is 0 Å². The van der Waals surface area contributed by atoms with Crippen molar-refractivity contribution in [3.05, 3.63) is 0 Å². The monoisotopic (exact) mass is 250 g/mol. The van der Waals surface area contributed by atoms with Gasteiger partial charge in [-0.25, -0.2) is 0 Å². The fourth-order valence-electron chi connectivity index (χ4n) is 6.33. The summed E-state index contributed by atoms with van der Waals surface area (Å²) < 4.78 is 0. The Labute approximate surface area is 112 Å². The van der Waals surface area contributed by atoms with Gasteiger partial charge in [-0.15, -0.1) is 0 Å². The SMILES string of the molecule is CC1CC2CCCC(C1)C21C(N)N(C)CC1(C)C. The zero-order valence-corrected chi connectivity index (χ0v) is 12.6. The van der Waals surface area contributed by atoms with Gasteiger partial charge in [-0.05, 0) is 55.9 Å². The predicted octanol–water partition coefficient (Wildman–Crippen LogP) is 3.08. The molecule has 2 heteroatoms. The highest BCUT2D eigenvalue weighted by molar-refractivity contribution is 5.15. The largest absolute Gasteiger partial charge is 0.315 e. The van der Waals surface area contributed by atoms with Crippen molar-refractivity contribution in [2.45, 2.75) is 59.0 Å². The van der Waals surface area contributed by atoms with Crippen molar-refractivity contribution in [1.82, 2.24) is 4.90 Å². The third-order valence-electron chi connectivity index (χ3n) is 6.61. The van der Waals surface area contributed by atoms with Crippen LogP contribution in [0.1, 0.15) is 52.9 Å². The average Bonchev–Trinajstić information content (AvgIpc) is 2.41. The lowest BCUT2D eigenvalue weighted by atomic mass is 9.44. The molecule has 0 aromatic carbocycles. The molecule has 0 amide bonds. The Kier molecular flexibility index (Phi) is 2.84. The van der Waals surface area contributed by atoms with Crippen LogP contribution in [0.2, 0.25) is 0 Å². The maximum absolute atomic E-state index is 6.73. The summed E-state index contributed by atoms with van der Waals surface area (Å²) in [7, 11) is 2.23. The molecule has 18 heavy (non-hydrogen) atoms. The molecule has 1 aliphatic heterocycles. The molecule has 1 heterocycles. The fourth-order valence-corrected chi connectivity index (χ4v) is 6.33. The first-order chi connectivity index (χ1) is 8.39. The van der Waals surface area contributed by atoms with Gasteiger partial charge in [-0.3, -0.25) is 4.90 Å². The lowest BCUT2D eigenvalue weighted by molar-refractivity contribution is -0.116. The second-order valence-electron chi connectivity index (χ2n) is 8.08. The normalized spacial score (nSPS) is 51.8. The Bertz CT molecular complexity index is 322. The van der Waals surface area contributed by atoms with Crippen LogP contribution >= 0.6 is 0 Å². The van der Waals surface area contributed by atoms with E-state index < -0.39 is 0 Å². The van der Waals surface area contributed by atoms with Crippen molar-refractivity contribution in [2.75, 3.05) is 13.6 Å². The zero-order chi connectivity index (χ0) is 13.1. The molecule has 1 saturated heterocycles. The Balaban J connectivity index is 2.07. The zero-order valence-electron chi connectivity index (χ0n) is 12.6. The molecule has 1 spiro atoms. The first kappa shape index (κ1) is 12.9. The summed E-state index contributed by atoms with van der Waals surface area (Å²) in [5.41, 5.74) is 7.51. The van der Waals surface area contributed by atoms with Crippen LogP contribution in [0, 0.1) is 28.6 Å². The first-order valence-corrected chi connectivity index (χ1v) is 7.85. The Morgan fingerprint density at radius 2 is 1.67 bits per heavy atom. The van der Waals surface area contributed by atoms with Gasteiger partial charge >= 0.3 is 0 Å². The minimum absolute atomic E-state index is 0.287. The third kappa shape index (κ3) is 1.42. The second-order valence-corrected chi connectivity index (χ2v) is 8.08. The molecule has 2 saturated carbocycles. The lowest BCUT2D eigenvalue weighted by Gasteiger charge is -2.60. The van der Waals surface area contributed by atoms with Gasteiger partial charge in [0.25, 0.3) is 0 Å². The minimum atomic E-state index is 0.287. The van der Waals surface area contributed by atoms with E-state index in [0.29, 0.717) is 10.8 Å². The van der Waals surface area contributed by atoms with Gasteiger partial charge in [-0.1, -0.05) is 27.2 Å². The molecule has 0 aromatic rings. The van der Waals surface area contributed by atoms with Gasteiger partial charge in [0.15, 0.2) is 0 Å². The Hall–Kier alpha value is -0.0800. The van der Waals surface area contributed by atoms with E-state index in [-0.39, 0.29) is 6.17 Å². The van der Waals surface area contributed by atoms with Crippen molar-refractivity contribution in [3.63, 3.8) is 0 Å². The van der Waals surface area contributed by atoms with Crippen LogP contribution in [0.4, 0.5) is 0 Å². The van der Waals surface area contributed by atoms with Crippen LogP contribution in [0.15, 0.2) is 0 Å². The highest BCUT2D eigenvalue weighted by Gasteiger charge is 2.65. The van der Waals surface area contributed by atoms with Gasteiger partial charge in [0, 0.05) is 12.0 Å². The van der Waals surface area contributed by atoms with Crippen LogP contribution in [-0.4, -0.2) is 24.7 Å². The molecule has 0 radical (unpaired) electrons. The molecule has 3 unspecified atom stereocenters. The molecule has 2 aliphatic carbocycles. The Morgan fingerprint density at radius 1 is 1.11 bits per heavy atom. The van der Waals surface area contributed by atoms with Crippen molar-refractivity contribution >= 4 is 0 Å². The molecule has 2 bridgehead atoms. The summed E-state index contributed by atoms with van der Waals surface area (Å²) in [4.78, 5) is 2.43. The topological polar surface area (TPSA) is 29.3 Å². The van der Waals surface area contributed by atoms with Gasteiger partial charge in [0.05, 0.1) is 6.17 Å². The molecule has 3 fully saturated rings. The molecule has 0 aromatic heterocycles. The predicted molar refractivity (Wildman–Crippen MR) is 76.0 cm³/mol. The van der Waals surface area contributed by atoms with Crippen LogP contribution in [-0.2, 0) is 0 Å². The van der Waals surface area contributed by atoms with Crippen LogP contribution in [0.3, 0.4) is 0 Å². The highest BCUT2D eigenvalue weighted by atomic mass is 15.3. The molecule has 2 N–H and O–H groups in total. The fraction of sp³-hybridized carbons (Fsp3) is 1.00. The maximum Gasteiger partial charge on any atom is 0.0638 e. The first-order valence-electron chi connectivity index (χ1n) is 7.85.